The molecule has 1 aromatic rings. The number of rotatable bonds is 0. The highest BCUT2D eigenvalue weighted by molar-refractivity contribution is 7.79. The van der Waals surface area contributed by atoms with Gasteiger partial charge >= 0.3 is 1.43 Å². The van der Waals surface area contributed by atoms with Crippen LogP contribution in [0.3, 0.4) is 0 Å². The average molecular weight is 382 g/mol. The normalized spacial score (nSPS) is 36.6. The second-order valence-electron chi connectivity index (χ2n) is 7.34. The van der Waals surface area contributed by atoms with E-state index in [1.165, 1.54) is 11.1 Å². The van der Waals surface area contributed by atoms with E-state index in [1.807, 2.05) is 12.1 Å². The number of nitrogens with zero attached hydrogens (tertiary/aromatic N) is 1. The molecule has 1 saturated heterocycles. The minimum atomic E-state index is -5.17. The molecule has 2 aliphatic heterocycles. The number of likely N-dealkylation sites (N-methyl/N-ethyl adjacent to an activating group) is 1. The van der Waals surface area contributed by atoms with Gasteiger partial charge in [0.2, 0.25) is 0 Å². The van der Waals surface area contributed by atoms with Crippen molar-refractivity contribution in [2.45, 2.75) is 36.5 Å². The van der Waals surface area contributed by atoms with Gasteiger partial charge in [-0.25, -0.2) is 0 Å². The van der Waals surface area contributed by atoms with Gasteiger partial charge in [-0.15, -0.1) is 0 Å². The number of aromatic hydroxyl groups is 1. The Kier molecular flexibility index (Phi) is 3.87. The minimum absolute atomic E-state index is 0. The number of aliphatic hydroxyl groups is 1. The van der Waals surface area contributed by atoms with Gasteiger partial charge in [0.25, 0.3) is 0 Å². The fourth-order valence-electron chi connectivity index (χ4n) is 5.24. The number of aliphatic hydroxyl groups excluding tert-OH is 1. The summed E-state index contributed by atoms with van der Waals surface area (Å²) in [7, 11) is -2.98. The molecule has 0 aromatic heterocycles. The molecule has 2 N–H and O–H groups in total. The van der Waals surface area contributed by atoms with Gasteiger partial charge in [0.1, 0.15) is 12.2 Å². The van der Waals surface area contributed by atoms with Crippen molar-refractivity contribution in [2.75, 3.05) is 13.6 Å². The van der Waals surface area contributed by atoms with Crippen molar-refractivity contribution in [3.8, 4) is 11.5 Å². The molecule has 2 heterocycles. The van der Waals surface area contributed by atoms with Crippen LogP contribution in [0, 0.1) is 5.92 Å². The summed E-state index contributed by atoms with van der Waals surface area (Å²) < 4.78 is 40.2. The van der Waals surface area contributed by atoms with Gasteiger partial charge in [-0.3, -0.25) is 8.42 Å². The lowest BCUT2D eigenvalue weighted by Crippen LogP contribution is -2.64. The lowest BCUT2D eigenvalue weighted by Gasteiger charge is -2.56. The minimum Gasteiger partial charge on any atom is -0.759 e. The van der Waals surface area contributed by atoms with Crippen molar-refractivity contribution in [2.24, 2.45) is 5.92 Å². The highest BCUT2D eigenvalue weighted by atomic mass is 32.3. The number of hydrogen-bond acceptors (Lipinski definition) is 8. The second kappa shape index (κ2) is 5.67. The average Bonchev–Trinajstić information content (AvgIpc) is 2.89. The maximum absolute atomic E-state index is 10.4. The monoisotopic (exact) mass is 382 g/mol. The topological polar surface area (TPSA) is 133 Å². The van der Waals surface area contributed by atoms with Crippen LogP contribution in [-0.2, 0) is 22.2 Å². The van der Waals surface area contributed by atoms with Gasteiger partial charge in [-0.2, -0.15) is 0 Å². The predicted octanol–water partition coefficient (Wildman–Crippen LogP) is -0.0274. The van der Waals surface area contributed by atoms with Crippen LogP contribution >= 0.6 is 0 Å². The zero-order chi connectivity index (χ0) is 18.9. The molecular formula is C17H20NO7S-. The van der Waals surface area contributed by atoms with Crippen LogP contribution in [0.4, 0.5) is 0 Å². The van der Waals surface area contributed by atoms with E-state index in [2.05, 4.69) is 18.0 Å². The third-order valence-corrected chi connectivity index (χ3v) is 6.15. The molecular weight excluding hydrogens is 362 g/mol. The largest absolute Gasteiger partial charge is 1.00 e. The summed E-state index contributed by atoms with van der Waals surface area (Å²) in [6.45, 7) is 1.01. The van der Waals surface area contributed by atoms with E-state index in [4.69, 9.17) is 22.3 Å². The van der Waals surface area contributed by atoms with Crippen LogP contribution in [0.15, 0.2) is 24.3 Å². The van der Waals surface area contributed by atoms with E-state index in [-0.39, 0.29) is 18.7 Å². The van der Waals surface area contributed by atoms with E-state index in [0.29, 0.717) is 17.7 Å². The van der Waals surface area contributed by atoms with Crippen LogP contribution in [0.1, 0.15) is 19.0 Å². The lowest BCUT2D eigenvalue weighted by molar-refractivity contribution is -0.0453. The van der Waals surface area contributed by atoms with Crippen LogP contribution < -0.4 is 4.74 Å². The molecule has 4 aliphatic rings. The lowest BCUT2D eigenvalue weighted by atomic mass is 9.53. The van der Waals surface area contributed by atoms with Crippen LogP contribution in [0.2, 0.25) is 0 Å². The van der Waals surface area contributed by atoms with E-state index in [9.17, 15) is 10.2 Å². The van der Waals surface area contributed by atoms with Gasteiger partial charge in [-0.1, -0.05) is 18.2 Å². The standard InChI is InChI=1S/C17H19NO3.H2O4S/c1-18-7-6-17-10-3-5-13(20)16(17)21-15-12(19)4-2-9(14(15)17)8-11(10)18;1-5(2,3)4/h2-5,10-11,13,16,19-20H,6-8H2,1H3;(H2,1,2,3,4)/p-1/t10-,11+,13-,16-,17-;/m0./s1. The zero-order valence-electron chi connectivity index (χ0n) is 15.0. The Morgan fingerprint density at radius 2 is 2.04 bits per heavy atom. The highest BCUT2D eigenvalue weighted by Gasteiger charge is 2.64. The maximum Gasteiger partial charge on any atom is 1.00 e. The molecule has 26 heavy (non-hydrogen) atoms. The summed E-state index contributed by atoms with van der Waals surface area (Å²) in [5.74, 6) is 1.19. The third-order valence-electron chi connectivity index (χ3n) is 6.15. The summed E-state index contributed by atoms with van der Waals surface area (Å²) >= 11 is 0. The molecule has 5 atom stereocenters. The van der Waals surface area contributed by atoms with Crippen molar-refractivity contribution in [3.63, 3.8) is 0 Å². The summed E-state index contributed by atoms with van der Waals surface area (Å²) in [6, 6.07) is 4.23. The Bertz CT molecular complexity index is 882. The first-order valence-corrected chi connectivity index (χ1v) is 9.71. The number of piperidine rings is 1. The number of phenols is 1. The second-order valence-corrected chi connectivity index (χ2v) is 8.15. The predicted molar refractivity (Wildman–Crippen MR) is 89.2 cm³/mol. The maximum atomic E-state index is 10.4. The first kappa shape index (κ1) is 17.7. The first-order chi connectivity index (χ1) is 12.1. The smallest absolute Gasteiger partial charge is 0.759 e. The summed E-state index contributed by atoms with van der Waals surface area (Å²) in [5, 5.41) is 20.6. The molecule has 0 amide bonds. The molecule has 5 rings (SSSR count). The highest BCUT2D eigenvalue weighted by Crippen LogP contribution is 2.62. The van der Waals surface area contributed by atoms with Gasteiger partial charge in [0.05, 0.1) is 0 Å². The van der Waals surface area contributed by atoms with E-state index >= 15 is 0 Å². The molecule has 2 bridgehead atoms. The quantitative estimate of drug-likeness (QED) is 0.363. The zero-order valence-corrected chi connectivity index (χ0v) is 14.8. The van der Waals surface area contributed by atoms with Gasteiger partial charge in [-0.05, 0) is 38.1 Å². The van der Waals surface area contributed by atoms with E-state index in [1.54, 1.807) is 6.07 Å². The Morgan fingerprint density at radius 3 is 2.73 bits per heavy atom. The van der Waals surface area contributed by atoms with Gasteiger partial charge in [0.15, 0.2) is 11.5 Å². The Balaban J connectivity index is 0.000000315. The number of phenolic OH excluding ortho intramolecular Hbond substituents is 1. The van der Waals surface area contributed by atoms with Crippen LogP contribution in [0.5, 0.6) is 11.5 Å². The SMILES string of the molecule is CN1CC[C@]23c4c5ccc(O)c4O[C@H]2[C@@H](O)C=C[C@H]3[C@H]1C5.O=S(=O)([O-])[O-].[H+]. The number of ether oxygens (including phenoxy) is 1. The van der Waals surface area contributed by atoms with Crippen molar-refractivity contribution in [1.82, 2.24) is 4.90 Å². The van der Waals surface area contributed by atoms with E-state index in [0.717, 1.165) is 19.4 Å². The Morgan fingerprint density at radius 1 is 1.35 bits per heavy atom. The molecule has 1 fully saturated rings. The molecule has 142 valence electrons. The van der Waals surface area contributed by atoms with Gasteiger partial charge < -0.3 is 29.0 Å². The summed E-state index contributed by atoms with van der Waals surface area (Å²) in [6.07, 6.45) is 5.18. The molecule has 9 heteroatoms. The molecule has 1 aromatic carbocycles. The van der Waals surface area contributed by atoms with E-state index < -0.39 is 16.5 Å². The number of benzene rings is 1. The Labute approximate surface area is 152 Å². The summed E-state index contributed by atoms with van der Waals surface area (Å²) in [5.41, 5.74) is 2.29. The fraction of sp³-hybridized carbons (Fsp3) is 0.529. The molecule has 8 nitrogen and oxygen atoms in total. The van der Waals surface area contributed by atoms with Crippen molar-refractivity contribution in [1.29, 1.82) is 0 Å². The molecule has 0 radical (unpaired) electrons. The van der Waals surface area contributed by atoms with Crippen LogP contribution in [0.25, 0.3) is 0 Å². The van der Waals surface area contributed by atoms with Crippen molar-refractivity contribution >= 4 is 10.4 Å². The third kappa shape index (κ3) is 2.46. The van der Waals surface area contributed by atoms with Crippen molar-refractivity contribution < 1.29 is 33.9 Å². The Hall–Kier alpha value is -1.65. The summed E-state index contributed by atoms with van der Waals surface area (Å²) in [4.78, 5) is 2.43. The molecule has 0 saturated carbocycles. The molecule has 0 unspecified atom stereocenters. The first-order valence-electron chi connectivity index (χ1n) is 8.38. The van der Waals surface area contributed by atoms with Crippen LogP contribution in [-0.4, -0.2) is 64.5 Å². The van der Waals surface area contributed by atoms with Gasteiger partial charge in [0, 0.05) is 33.3 Å². The number of hydrogen-bond donors (Lipinski definition) is 2. The molecule has 2 aliphatic carbocycles. The number of likely N-dealkylation sites (tertiary alicyclic amines) is 1. The fourth-order valence-corrected chi connectivity index (χ4v) is 5.24. The molecule has 1 spiro atoms. The van der Waals surface area contributed by atoms with Crippen molar-refractivity contribution in [3.05, 3.63) is 35.4 Å².